The van der Waals surface area contributed by atoms with Crippen LogP contribution < -0.4 is 0 Å². The fourth-order valence-corrected chi connectivity index (χ4v) is 4.42. The van der Waals surface area contributed by atoms with Crippen molar-refractivity contribution in [2.24, 2.45) is 0 Å². The van der Waals surface area contributed by atoms with E-state index in [4.69, 9.17) is 9.47 Å². The number of amides is 1. The van der Waals surface area contributed by atoms with Gasteiger partial charge in [-0.05, 0) is 68.9 Å². The highest BCUT2D eigenvalue weighted by Crippen LogP contribution is 2.38. The van der Waals surface area contributed by atoms with Crippen LogP contribution in [0.15, 0.2) is 42.5 Å². The van der Waals surface area contributed by atoms with E-state index in [0.717, 1.165) is 25.7 Å². The van der Waals surface area contributed by atoms with Crippen LogP contribution in [0, 0.1) is 0 Å². The van der Waals surface area contributed by atoms with Crippen LogP contribution in [0.4, 0.5) is 4.79 Å². The summed E-state index contributed by atoms with van der Waals surface area (Å²) < 4.78 is 11.9. The minimum Gasteiger partial charge on any atom is -0.444 e. The Morgan fingerprint density at radius 1 is 1.04 bits per heavy atom. The third-order valence-electron chi connectivity index (χ3n) is 5.59. The SMILES string of the molecule is CC(C)(C)OC(=O)N1C2CCC1CC(OCc1ccc3ccccc3c1)C2. The summed E-state index contributed by atoms with van der Waals surface area (Å²) in [5.74, 6) is 0. The second-order valence-electron chi connectivity index (χ2n) is 8.86. The molecule has 0 N–H and O–H groups in total. The zero-order valence-electron chi connectivity index (χ0n) is 16.5. The number of rotatable bonds is 3. The standard InChI is InChI=1S/C23H29NO3/c1-23(2,3)27-22(25)24-19-10-11-20(24)14-21(13-19)26-15-16-8-9-17-6-4-5-7-18(17)12-16/h4-9,12,19-21H,10-11,13-15H2,1-3H3. The van der Waals surface area contributed by atoms with Crippen molar-refractivity contribution in [3.63, 3.8) is 0 Å². The van der Waals surface area contributed by atoms with Crippen LogP contribution in [-0.4, -0.2) is 34.8 Å². The second kappa shape index (κ2) is 7.16. The minimum atomic E-state index is -0.444. The molecule has 4 rings (SSSR count). The number of piperidine rings is 1. The van der Waals surface area contributed by atoms with E-state index < -0.39 is 5.60 Å². The van der Waals surface area contributed by atoms with Crippen LogP contribution >= 0.6 is 0 Å². The van der Waals surface area contributed by atoms with Gasteiger partial charge >= 0.3 is 6.09 Å². The lowest BCUT2D eigenvalue weighted by Crippen LogP contribution is -2.50. The number of benzene rings is 2. The lowest BCUT2D eigenvalue weighted by molar-refractivity contribution is -0.0396. The molecule has 2 bridgehead atoms. The maximum atomic E-state index is 12.5. The van der Waals surface area contributed by atoms with E-state index in [2.05, 4.69) is 42.5 Å². The highest BCUT2D eigenvalue weighted by Gasteiger charge is 2.45. The van der Waals surface area contributed by atoms with Crippen molar-refractivity contribution in [1.29, 1.82) is 0 Å². The summed E-state index contributed by atoms with van der Waals surface area (Å²) in [6.45, 7) is 6.39. The van der Waals surface area contributed by atoms with Crippen molar-refractivity contribution >= 4 is 16.9 Å². The molecular formula is C23H29NO3. The predicted octanol–water partition coefficient (Wildman–Crippen LogP) is 5.29. The fourth-order valence-electron chi connectivity index (χ4n) is 4.42. The van der Waals surface area contributed by atoms with Crippen LogP contribution in [0.2, 0.25) is 0 Å². The topological polar surface area (TPSA) is 38.8 Å². The zero-order chi connectivity index (χ0) is 19.0. The zero-order valence-corrected chi connectivity index (χ0v) is 16.5. The van der Waals surface area contributed by atoms with E-state index in [1.165, 1.54) is 16.3 Å². The molecule has 2 fully saturated rings. The van der Waals surface area contributed by atoms with Gasteiger partial charge in [-0.15, -0.1) is 0 Å². The van der Waals surface area contributed by atoms with E-state index in [1.807, 2.05) is 25.7 Å². The van der Waals surface area contributed by atoms with E-state index in [9.17, 15) is 4.79 Å². The van der Waals surface area contributed by atoms with Crippen LogP contribution in [0.25, 0.3) is 10.8 Å². The molecule has 2 aromatic rings. The third-order valence-corrected chi connectivity index (χ3v) is 5.59. The summed E-state index contributed by atoms with van der Waals surface area (Å²) in [6, 6.07) is 15.4. The van der Waals surface area contributed by atoms with Crippen molar-refractivity contribution < 1.29 is 14.3 Å². The molecule has 2 aliphatic heterocycles. The lowest BCUT2D eigenvalue weighted by Gasteiger charge is -2.39. The predicted molar refractivity (Wildman–Crippen MR) is 107 cm³/mol. The molecule has 4 nitrogen and oxygen atoms in total. The number of hydrogen-bond acceptors (Lipinski definition) is 3. The van der Waals surface area contributed by atoms with Crippen LogP contribution in [-0.2, 0) is 16.1 Å². The summed E-state index contributed by atoms with van der Waals surface area (Å²) in [7, 11) is 0. The van der Waals surface area contributed by atoms with E-state index >= 15 is 0 Å². The second-order valence-corrected chi connectivity index (χ2v) is 8.86. The number of hydrogen-bond donors (Lipinski definition) is 0. The fraction of sp³-hybridized carbons (Fsp3) is 0.522. The molecule has 2 saturated heterocycles. The van der Waals surface area contributed by atoms with Gasteiger partial charge in [0.1, 0.15) is 5.60 Å². The number of carbonyl (C=O) groups excluding carboxylic acids is 1. The Bertz CT molecular complexity index is 812. The molecule has 0 radical (unpaired) electrons. The van der Waals surface area contributed by atoms with Crippen LogP contribution in [0.1, 0.15) is 52.0 Å². The molecule has 2 aromatic carbocycles. The average molecular weight is 367 g/mol. The van der Waals surface area contributed by atoms with E-state index in [0.29, 0.717) is 6.61 Å². The van der Waals surface area contributed by atoms with Gasteiger partial charge in [-0.1, -0.05) is 36.4 Å². The molecule has 0 aromatic heterocycles. The highest BCUT2D eigenvalue weighted by molar-refractivity contribution is 5.82. The van der Waals surface area contributed by atoms with Gasteiger partial charge in [0.25, 0.3) is 0 Å². The van der Waals surface area contributed by atoms with Crippen LogP contribution in [0.5, 0.6) is 0 Å². The Morgan fingerprint density at radius 2 is 1.70 bits per heavy atom. The molecule has 2 heterocycles. The Hall–Kier alpha value is -2.07. The van der Waals surface area contributed by atoms with Crippen molar-refractivity contribution in [1.82, 2.24) is 4.90 Å². The summed E-state index contributed by atoms with van der Waals surface area (Å²) in [5, 5.41) is 2.50. The molecule has 4 heteroatoms. The van der Waals surface area contributed by atoms with Gasteiger partial charge in [-0.3, -0.25) is 0 Å². The first-order valence-electron chi connectivity index (χ1n) is 10.00. The Balaban J connectivity index is 1.36. The van der Waals surface area contributed by atoms with Gasteiger partial charge < -0.3 is 14.4 Å². The van der Waals surface area contributed by atoms with Crippen molar-refractivity contribution in [2.75, 3.05) is 0 Å². The highest BCUT2D eigenvalue weighted by atomic mass is 16.6. The monoisotopic (exact) mass is 367 g/mol. The van der Waals surface area contributed by atoms with Gasteiger partial charge in [0.05, 0.1) is 12.7 Å². The maximum Gasteiger partial charge on any atom is 0.410 e. The first-order valence-corrected chi connectivity index (χ1v) is 10.00. The number of ether oxygens (including phenoxy) is 2. The Labute approximate surface area is 161 Å². The maximum absolute atomic E-state index is 12.5. The molecular weight excluding hydrogens is 338 g/mol. The van der Waals surface area contributed by atoms with Gasteiger partial charge in [0, 0.05) is 12.1 Å². The molecule has 1 amide bonds. The molecule has 2 aliphatic rings. The van der Waals surface area contributed by atoms with E-state index in [1.54, 1.807) is 0 Å². The quantitative estimate of drug-likeness (QED) is 0.740. The molecule has 2 unspecified atom stereocenters. The summed E-state index contributed by atoms with van der Waals surface area (Å²) in [6.07, 6.45) is 3.97. The van der Waals surface area contributed by atoms with E-state index in [-0.39, 0.29) is 24.3 Å². The summed E-state index contributed by atoms with van der Waals surface area (Å²) >= 11 is 0. The normalized spacial score (nSPS) is 25.0. The Kier molecular flexibility index (Phi) is 4.85. The summed E-state index contributed by atoms with van der Waals surface area (Å²) in [4.78, 5) is 14.5. The third kappa shape index (κ3) is 4.11. The smallest absolute Gasteiger partial charge is 0.410 e. The lowest BCUT2D eigenvalue weighted by atomic mass is 10.00. The molecule has 0 saturated carbocycles. The largest absolute Gasteiger partial charge is 0.444 e. The molecule has 144 valence electrons. The number of nitrogens with zero attached hydrogens (tertiary/aromatic N) is 1. The minimum absolute atomic E-state index is 0.164. The van der Waals surface area contributed by atoms with Gasteiger partial charge in [-0.25, -0.2) is 4.79 Å². The molecule has 0 aliphatic carbocycles. The van der Waals surface area contributed by atoms with Gasteiger partial charge in [0.2, 0.25) is 0 Å². The molecule has 27 heavy (non-hydrogen) atoms. The van der Waals surface area contributed by atoms with Crippen molar-refractivity contribution in [3.8, 4) is 0 Å². The van der Waals surface area contributed by atoms with Crippen molar-refractivity contribution in [3.05, 3.63) is 48.0 Å². The first kappa shape index (κ1) is 18.3. The van der Waals surface area contributed by atoms with Crippen molar-refractivity contribution in [2.45, 2.75) is 76.9 Å². The van der Waals surface area contributed by atoms with Gasteiger partial charge in [0.15, 0.2) is 0 Å². The number of carbonyl (C=O) groups is 1. The average Bonchev–Trinajstić information content (AvgIpc) is 2.89. The molecule has 2 atom stereocenters. The molecule has 0 spiro atoms. The first-order chi connectivity index (χ1) is 12.9. The Morgan fingerprint density at radius 3 is 2.37 bits per heavy atom. The van der Waals surface area contributed by atoms with Gasteiger partial charge in [-0.2, -0.15) is 0 Å². The van der Waals surface area contributed by atoms with Crippen LogP contribution in [0.3, 0.4) is 0 Å². The summed E-state index contributed by atoms with van der Waals surface area (Å²) in [5.41, 5.74) is 0.760. The number of fused-ring (bicyclic) bond motifs is 3.